The SMILES string of the molecule is OCc1ccnc(N2CCOC3CCCCC32)c1. The monoisotopic (exact) mass is 248 g/mol. The van der Waals surface area contributed by atoms with Crippen LogP contribution in [-0.4, -0.2) is 35.4 Å². The van der Waals surface area contributed by atoms with Crippen molar-refractivity contribution in [1.82, 2.24) is 4.98 Å². The number of nitrogens with zero attached hydrogens (tertiary/aromatic N) is 2. The van der Waals surface area contributed by atoms with Gasteiger partial charge in [0.2, 0.25) is 0 Å². The Morgan fingerprint density at radius 3 is 3.17 bits per heavy atom. The van der Waals surface area contributed by atoms with E-state index < -0.39 is 0 Å². The summed E-state index contributed by atoms with van der Waals surface area (Å²) in [4.78, 5) is 6.83. The third-order valence-corrected chi connectivity index (χ3v) is 4.02. The molecule has 1 aliphatic heterocycles. The Kier molecular flexibility index (Phi) is 3.48. The van der Waals surface area contributed by atoms with Crippen LogP contribution in [0.4, 0.5) is 5.82 Å². The van der Waals surface area contributed by atoms with Crippen molar-refractivity contribution in [1.29, 1.82) is 0 Å². The number of hydrogen-bond donors (Lipinski definition) is 1. The standard InChI is InChI=1S/C14H20N2O2/c17-10-11-5-6-15-14(9-11)16-7-8-18-13-4-2-1-3-12(13)16/h5-6,9,12-13,17H,1-4,7-8,10H2. The van der Waals surface area contributed by atoms with Crippen molar-refractivity contribution in [3.05, 3.63) is 23.9 Å². The molecule has 0 amide bonds. The molecule has 2 atom stereocenters. The lowest BCUT2D eigenvalue weighted by atomic mass is 9.90. The van der Waals surface area contributed by atoms with Gasteiger partial charge in [0.25, 0.3) is 0 Å². The lowest BCUT2D eigenvalue weighted by molar-refractivity contribution is -0.00899. The number of aromatic nitrogens is 1. The van der Waals surface area contributed by atoms with E-state index in [1.54, 1.807) is 6.20 Å². The summed E-state index contributed by atoms with van der Waals surface area (Å²) in [6.45, 7) is 1.77. The first-order valence-corrected chi connectivity index (χ1v) is 6.82. The number of aliphatic hydroxyl groups excluding tert-OH is 1. The van der Waals surface area contributed by atoms with E-state index in [2.05, 4.69) is 9.88 Å². The van der Waals surface area contributed by atoms with Crippen LogP contribution in [0, 0.1) is 0 Å². The van der Waals surface area contributed by atoms with Crippen LogP contribution >= 0.6 is 0 Å². The molecule has 4 heteroatoms. The highest BCUT2D eigenvalue weighted by Gasteiger charge is 2.34. The first kappa shape index (κ1) is 11.9. The maximum atomic E-state index is 9.22. The summed E-state index contributed by atoms with van der Waals surface area (Å²) in [5, 5.41) is 9.22. The fraction of sp³-hybridized carbons (Fsp3) is 0.643. The zero-order valence-electron chi connectivity index (χ0n) is 10.6. The van der Waals surface area contributed by atoms with Crippen molar-refractivity contribution in [3.8, 4) is 0 Å². The Bertz CT molecular complexity index is 409. The molecule has 0 radical (unpaired) electrons. The topological polar surface area (TPSA) is 45.6 Å². The normalized spacial score (nSPS) is 27.9. The maximum Gasteiger partial charge on any atom is 0.129 e. The molecule has 3 rings (SSSR count). The van der Waals surface area contributed by atoms with Gasteiger partial charge < -0.3 is 14.7 Å². The van der Waals surface area contributed by atoms with Crippen LogP contribution in [0.15, 0.2) is 18.3 Å². The molecule has 2 fully saturated rings. The third kappa shape index (κ3) is 2.22. The second-order valence-corrected chi connectivity index (χ2v) is 5.13. The highest BCUT2D eigenvalue weighted by atomic mass is 16.5. The Morgan fingerprint density at radius 2 is 2.28 bits per heavy atom. The number of anilines is 1. The molecule has 0 bridgehead atoms. The minimum atomic E-state index is 0.0773. The van der Waals surface area contributed by atoms with E-state index >= 15 is 0 Å². The lowest BCUT2D eigenvalue weighted by Crippen LogP contribution is -2.53. The van der Waals surface area contributed by atoms with Crippen LogP contribution < -0.4 is 4.90 Å². The van der Waals surface area contributed by atoms with Crippen LogP contribution in [0.1, 0.15) is 31.2 Å². The Hall–Kier alpha value is -1.13. The van der Waals surface area contributed by atoms with Gasteiger partial charge in [-0.1, -0.05) is 12.8 Å². The molecule has 2 heterocycles. The number of aliphatic hydroxyl groups is 1. The van der Waals surface area contributed by atoms with Crippen molar-refractivity contribution >= 4 is 5.82 Å². The van der Waals surface area contributed by atoms with Gasteiger partial charge in [-0.3, -0.25) is 0 Å². The third-order valence-electron chi connectivity index (χ3n) is 4.02. The van der Waals surface area contributed by atoms with Gasteiger partial charge in [-0.2, -0.15) is 0 Å². The van der Waals surface area contributed by atoms with E-state index in [1.165, 1.54) is 25.7 Å². The molecule has 2 aliphatic rings. The van der Waals surface area contributed by atoms with Gasteiger partial charge in [0, 0.05) is 12.7 Å². The molecule has 1 aromatic heterocycles. The van der Waals surface area contributed by atoms with Crippen molar-refractivity contribution in [3.63, 3.8) is 0 Å². The fourth-order valence-corrected chi connectivity index (χ4v) is 3.10. The van der Waals surface area contributed by atoms with E-state index in [1.807, 2.05) is 12.1 Å². The molecule has 1 aliphatic carbocycles. The van der Waals surface area contributed by atoms with Gasteiger partial charge in [0.15, 0.2) is 0 Å². The maximum absolute atomic E-state index is 9.22. The largest absolute Gasteiger partial charge is 0.392 e. The summed E-state index contributed by atoms with van der Waals surface area (Å²) < 4.78 is 5.87. The van der Waals surface area contributed by atoms with Crippen molar-refractivity contribution in [2.45, 2.75) is 44.4 Å². The van der Waals surface area contributed by atoms with E-state index in [9.17, 15) is 5.11 Å². The van der Waals surface area contributed by atoms with E-state index in [-0.39, 0.29) is 6.61 Å². The number of rotatable bonds is 2. The highest BCUT2D eigenvalue weighted by molar-refractivity contribution is 5.43. The predicted octanol–water partition coefficient (Wildman–Crippen LogP) is 1.72. The zero-order chi connectivity index (χ0) is 12.4. The van der Waals surface area contributed by atoms with Crippen molar-refractivity contribution in [2.75, 3.05) is 18.1 Å². The molecule has 1 saturated heterocycles. The van der Waals surface area contributed by atoms with Crippen molar-refractivity contribution < 1.29 is 9.84 Å². The minimum Gasteiger partial charge on any atom is -0.392 e. The van der Waals surface area contributed by atoms with E-state index in [0.717, 1.165) is 24.5 Å². The highest BCUT2D eigenvalue weighted by Crippen LogP contribution is 2.31. The number of hydrogen-bond acceptors (Lipinski definition) is 4. The summed E-state index contributed by atoms with van der Waals surface area (Å²) in [6, 6.07) is 4.33. The number of morpholine rings is 1. The van der Waals surface area contributed by atoms with Crippen LogP contribution in [0.2, 0.25) is 0 Å². The number of ether oxygens (including phenoxy) is 1. The van der Waals surface area contributed by atoms with Gasteiger partial charge in [-0.25, -0.2) is 4.98 Å². The summed E-state index contributed by atoms with van der Waals surface area (Å²) in [7, 11) is 0. The van der Waals surface area contributed by atoms with Crippen molar-refractivity contribution in [2.24, 2.45) is 0 Å². The lowest BCUT2D eigenvalue weighted by Gasteiger charge is -2.44. The summed E-state index contributed by atoms with van der Waals surface area (Å²) in [5.41, 5.74) is 0.929. The second kappa shape index (κ2) is 5.24. The average Bonchev–Trinajstić information content (AvgIpc) is 2.47. The zero-order valence-corrected chi connectivity index (χ0v) is 10.6. The first-order valence-electron chi connectivity index (χ1n) is 6.82. The summed E-state index contributed by atoms with van der Waals surface area (Å²) in [5.74, 6) is 0.988. The van der Waals surface area contributed by atoms with E-state index in [0.29, 0.717) is 12.1 Å². The van der Waals surface area contributed by atoms with Gasteiger partial charge in [-0.05, 0) is 30.5 Å². The summed E-state index contributed by atoms with van der Waals surface area (Å²) >= 11 is 0. The van der Waals surface area contributed by atoms with Crippen LogP contribution in [0.3, 0.4) is 0 Å². The number of pyridine rings is 1. The Morgan fingerprint density at radius 1 is 1.39 bits per heavy atom. The summed E-state index contributed by atoms with van der Waals surface area (Å²) in [6.07, 6.45) is 7.07. The molecule has 0 spiro atoms. The quantitative estimate of drug-likeness (QED) is 0.865. The Labute approximate surface area is 108 Å². The second-order valence-electron chi connectivity index (χ2n) is 5.13. The molecule has 2 unspecified atom stereocenters. The molecule has 98 valence electrons. The molecular weight excluding hydrogens is 228 g/mol. The molecular formula is C14H20N2O2. The smallest absolute Gasteiger partial charge is 0.129 e. The van der Waals surface area contributed by atoms with Crippen LogP contribution in [-0.2, 0) is 11.3 Å². The fourth-order valence-electron chi connectivity index (χ4n) is 3.10. The molecule has 1 N–H and O–H groups in total. The van der Waals surface area contributed by atoms with Crippen LogP contribution in [0.25, 0.3) is 0 Å². The average molecular weight is 248 g/mol. The van der Waals surface area contributed by atoms with Gasteiger partial charge in [-0.15, -0.1) is 0 Å². The number of fused-ring (bicyclic) bond motifs is 1. The van der Waals surface area contributed by atoms with Gasteiger partial charge in [0.1, 0.15) is 5.82 Å². The molecule has 1 saturated carbocycles. The predicted molar refractivity (Wildman–Crippen MR) is 69.5 cm³/mol. The van der Waals surface area contributed by atoms with Gasteiger partial charge in [0.05, 0.1) is 25.4 Å². The Balaban J connectivity index is 1.84. The van der Waals surface area contributed by atoms with Crippen LogP contribution in [0.5, 0.6) is 0 Å². The first-order chi connectivity index (χ1) is 8.88. The van der Waals surface area contributed by atoms with E-state index in [4.69, 9.17) is 4.74 Å². The molecule has 18 heavy (non-hydrogen) atoms. The van der Waals surface area contributed by atoms with Gasteiger partial charge >= 0.3 is 0 Å². The molecule has 1 aromatic rings. The minimum absolute atomic E-state index is 0.0773. The molecule has 0 aromatic carbocycles. The molecule has 4 nitrogen and oxygen atoms in total.